The monoisotopic (exact) mass is 912 g/mol. The van der Waals surface area contributed by atoms with Crippen LogP contribution in [0.25, 0.3) is 34.4 Å². The fourth-order valence-corrected chi connectivity index (χ4v) is 33.7. The molecular weight excluding hydrogens is 847 g/mol. The van der Waals surface area contributed by atoms with E-state index in [2.05, 4.69) is 153 Å². The van der Waals surface area contributed by atoms with Crippen LogP contribution in [0.4, 0.5) is 0 Å². The zero-order valence-electron chi connectivity index (χ0n) is 35.6. The van der Waals surface area contributed by atoms with Gasteiger partial charge in [-0.25, -0.2) is 0 Å². The van der Waals surface area contributed by atoms with Gasteiger partial charge in [-0.05, 0) is 0 Å². The summed E-state index contributed by atoms with van der Waals surface area (Å²) < 4.78 is 6.94. The molecule has 0 bridgehead atoms. The number of halogens is 2. The zero-order chi connectivity index (χ0) is 38.1. The van der Waals surface area contributed by atoms with Gasteiger partial charge in [-0.2, -0.15) is 0 Å². The Balaban J connectivity index is 0.00000266. The molecule has 0 nitrogen and oxygen atoms in total. The summed E-state index contributed by atoms with van der Waals surface area (Å²) in [6.07, 6.45) is 19.4. The van der Waals surface area contributed by atoms with Gasteiger partial charge in [0.15, 0.2) is 0 Å². The molecule has 0 radical (unpaired) electrons. The number of allylic oxidation sites excluding steroid dienone is 2. The molecule has 4 aromatic rings. The summed E-state index contributed by atoms with van der Waals surface area (Å²) in [6, 6.07) is 34.3. The molecule has 2 fully saturated rings. The van der Waals surface area contributed by atoms with E-state index in [0.29, 0.717) is 7.25 Å². The second-order valence-electron chi connectivity index (χ2n) is 21.2. The third-order valence-electron chi connectivity index (χ3n) is 14.3. The van der Waals surface area contributed by atoms with Crippen LogP contribution in [-0.2, 0) is 17.4 Å². The summed E-state index contributed by atoms with van der Waals surface area (Å²) in [5.41, 5.74) is 15.7. The summed E-state index contributed by atoms with van der Waals surface area (Å²) in [5.74, 6) is 1.69. The molecule has 0 N–H and O–H groups in total. The molecule has 4 aromatic carbocycles. The molecular formula is C50H68Cl2Si3Zr. The quantitative estimate of drug-likeness (QED) is 0.139. The van der Waals surface area contributed by atoms with E-state index >= 15 is 0 Å². The largest absolute Gasteiger partial charge is 0.147 e. The molecule has 0 aliphatic heterocycles. The Labute approximate surface area is 357 Å². The van der Waals surface area contributed by atoms with Crippen molar-refractivity contribution in [3.05, 3.63) is 118 Å². The van der Waals surface area contributed by atoms with E-state index in [1.807, 2.05) is 0 Å². The Bertz CT molecular complexity index is 2030. The van der Waals surface area contributed by atoms with Crippen molar-refractivity contribution in [1.82, 2.24) is 0 Å². The van der Waals surface area contributed by atoms with Gasteiger partial charge < -0.3 is 0 Å². The maximum atomic E-state index is 2.90. The van der Waals surface area contributed by atoms with E-state index in [-0.39, 0.29) is 24.8 Å². The topological polar surface area (TPSA) is 0 Å². The molecule has 8 rings (SSSR count). The van der Waals surface area contributed by atoms with Crippen LogP contribution in [0.1, 0.15) is 93.7 Å². The second-order valence-corrected chi connectivity index (χ2v) is 61.8. The summed E-state index contributed by atoms with van der Waals surface area (Å²) in [6.45, 7) is 17.3. The molecule has 0 saturated heterocycles. The van der Waals surface area contributed by atoms with Crippen molar-refractivity contribution in [2.45, 2.75) is 120 Å². The van der Waals surface area contributed by atoms with Gasteiger partial charge in [-0.1, -0.05) is 0 Å². The van der Waals surface area contributed by atoms with Gasteiger partial charge >= 0.3 is 335 Å². The average Bonchev–Trinajstić information content (AvgIpc) is 3.94. The van der Waals surface area contributed by atoms with Gasteiger partial charge in [0.25, 0.3) is 0 Å². The number of fused-ring (bicyclic) bond motifs is 2. The normalized spacial score (nSPS) is 20.2. The first-order chi connectivity index (χ1) is 25.6. The molecule has 4 aliphatic carbocycles. The Morgan fingerprint density at radius 2 is 0.857 bits per heavy atom. The Morgan fingerprint density at radius 1 is 0.518 bits per heavy atom. The van der Waals surface area contributed by atoms with Crippen LogP contribution < -0.4 is 10.4 Å². The minimum absolute atomic E-state index is 0. The first-order valence-corrected chi connectivity index (χ1v) is 42.2. The Hall–Kier alpha value is -1.53. The van der Waals surface area contributed by atoms with E-state index in [1.54, 1.807) is 43.8 Å². The average molecular weight is 915 g/mol. The third kappa shape index (κ3) is 8.42. The molecule has 4 aliphatic rings. The smallest absolute Gasteiger partial charge is 0.147 e. The van der Waals surface area contributed by atoms with Gasteiger partial charge in [0.1, 0.15) is 0 Å². The van der Waals surface area contributed by atoms with Crippen molar-refractivity contribution < 1.29 is 17.4 Å². The molecule has 2 unspecified atom stereocenters. The maximum Gasteiger partial charge on any atom is -0.147 e. The van der Waals surface area contributed by atoms with E-state index in [0.717, 1.165) is 11.8 Å². The van der Waals surface area contributed by atoms with Gasteiger partial charge in [-0.15, -0.1) is 24.8 Å². The van der Waals surface area contributed by atoms with E-state index < -0.39 is 33.5 Å². The van der Waals surface area contributed by atoms with Crippen molar-refractivity contribution in [1.29, 1.82) is 0 Å². The number of rotatable bonds is 10. The summed E-state index contributed by atoms with van der Waals surface area (Å²) in [5, 5.41) is 3.10. The second kappa shape index (κ2) is 16.5. The predicted octanol–water partition coefficient (Wildman–Crippen LogP) is 14.0. The van der Waals surface area contributed by atoms with Gasteiger partial charge in [-0.3, -0.25) is 0 Å². The van der Waals surface area contributed by atoms with Crippen molar-refractivity contribution in [2.24, 2.45) is 11.8 Å². The van der Waals surface area contributed by atoms with Crippen molar-refractivity contribution >= 4 is 70.4 Å². The molecule has 0 spiro atoms. The standard InChI is InChI=1S/2C24H29Si.2CH3.2ClH.H2Si.Zr/c2*1-25(2,3)22-13-11-20(12-14-22)23-10-6-9-21-16-19(17-24(21)23)15-18-7-4-5-8-18;;;;;;/h2*6,9-14,16-18H,4-5,7-8,15H2,1-3H3;2*1H3;2*1H;1H2;. The van der Waals surface area contributed by atoms with Crippen LogP contribution in [-0.4, -0.2) is 23.0 Å². The SMILES string of the molecule is C[Si](C)(C)c1ccc(-c2cccc3c2C=C(CC2CCCC2)[CH]3[Zr]([CH3])([CH3])(=[SiH2])[CH]2C(CC3CCCC3)=Cc3c(-c4ccc([Si](C)(C)C)cc4)cccc32)cc1.Cl.Cl. The van der Waals surface area contributed by atoms with Crippen LogP contribution in [0.15, 0.2) is 96.1 Å². The Kier molecular flexibility index (Phi) is 13.0. The Morgan fingerprint density at radius 3 is 1.18 bits per heavy atom. The zero-order valence-corrected chi connectivity index (χ0v) is 43.1. The molecule has 298 valence electrons. The summed E-state index contributed by atoms with van der Waals surface area (Å²) >= 11 is -3.81. The van der Waals surface area contributed by atoms with Gasteiger partial charge in [0, 0.05) is 0 Å². The molecule has 56 heavy (non-hydrogen) atoms. The first-order valence-electron chi connectivity index (χ1n) is 21.5. The van der Waals surface area contributed by atoms with E-state index in [1.165, 1.54) is 86.5 Å². The summed E-state index contributed by atoms with van der Waals surface area (Å²) in [7, 11) is -2.73. The van der Waals surface area contributed by atoms with Crippen LogP contribution in [0.3, 0.4) is 0 Å². The van der Waals surface area contributed by atoms with Gasteiger partial charge in [0.2, 0.25) is 0 Å². The third-order valence-corrected chi connectivity index (χ3v) is 36.0. The maximum absolute atomic E-state index is 3.81. The number of hydrogen-bond donors (Lipinski definition) is 0. The van der Waals surface area contributed by atoms with Crippen molar-refractivity contribution in [3.8, 4) is 22.3 Å². The molecule has 6 heteroatoms. The van der Waals surface area contributed by atoms with E-state index in [9.17, 15) is 0 Å². The number of benzene rings is 4. The van der Waals surface area contributed by atoms with Crippen LogP contribution in [0.5, 0.6) is 0 Å². The van der Waals surface area contributed by atoms with Crippen molar-refractivity contribution in [3.63, 3.8) is 0 Å². The van der Waals surface area contributed by atoms with Crippen LogP contribution in [0.2, 0.25) is 48.5 Å². The molecule has 2 saturated carbocycles. The van der Waals surface area contributed by atoms with E-state index in [4.69, 9.17) is 0 Å². The molecule has 0 aromatic heterocycles. The summed E-state index contributed by atoms with van der Waals surface area (Å²) in [4.78, 5) is 0. The fourth-order valence-electron chi connectivity index (χ4n) is 11.6. The van der Waals surface area contributed by atoms with Gasteiger partial charge in [0.05, 0.1) is 0 Å². The molecule has 0 heterocycles. The first kappa shape index (κ1) is 44.0. The molecule has 2 atom stereocenters. The van der Waals surface area contributed by atoms with Crippen molar-refractivity contribution in [2.75, 3.05) is 0 Å². The molecule has 0 amide bonds. The predicted molar refractivity (Wildman–Crippen MR) is 259 cm³/mol. The fraction of sp³-hybridized carbons (Fsp3) is 0.440. The van der Waals surface area contributed by atoms with Crippen LogP contribution >= 0.6 is 24.8 Å². The minimum atomic E-state index is -3.81. The minimum Gasteiger partial charge on any atom is -0.147 e. The van der Waals surface area contributed by atoms with Crippen LogP contribution in [0, 0.1) is 11.8 Å². The number of hydrogen-bond acceptors (Lipinski definition) is 0.